The van der Waals surface area contributed by atoms with Crippen molar-refractivity contribution in [1.29, 1.82) is 0 Å². The number of fused-ring (bicyclic) bond motifs is 2. The number of aryl methyl sites for hydroxylation is 1. The van der Waals surface area contributed by atoms with Crippen molar-refractivity contribution >= 4 is 32.9 Å². The predicted octanol–water partition coefficient (Wildman–Crippen LogP) is 2.76. The smallest absolute Gasteiger partial charge is 0.251 e. The van der Waals surface area contributed by atoms with Gasteiger partial charge < -0.3 is 5.32 Å². The van der Waals surface area contributed by atoms with Crippen molar-refractivity contribution < 1.29 is 18.0 Å². The first-order valence-electron chi connectivity index (χ1n) is 8.10. The maximum Gasteiger partial charge on any atom is 0.251 e. The highest BCUT2D eigenvalue weighted by molar-refractivity contribution is 7.91. The number of sulfone groups is 1. The predicted molar refractivity (Wildman–Crippen MR) is 99.8 cm³/mol. The normalized spacial score (nSPS) is 14.3. The summed E-state index contributed by atoms with van der Waals surface area (Å²) in [6.07, 6.45) is 0. The third kappa shape index (κ3) is 2.96. The monoisotopic (exact) mass is 398 g/mol. The Morgan fingerprint density at radius 2 is 1.85 bits per heavy atom. The minimum atomic E-state index is -3.87. The number of benzene rings is 2. The highest BCUT2D eigenvalue weighted by Gasteiger charge is 2.34. The summed E-state index contributed by atoms with van der Waals surface area (Å²) in [7, 11) is -3.87. The summed E-state index contributed by atoms with van der Waals surface area (Å²) < 4.78 is 25.8. The van der Waals surface area contributed by atoms with Crippen molar-refractivity contribution in [2.75, 3.05) is 0 Å². The maximum absolute atomic E-state index is 12.9. The van der Waals surface area contributed by atoms with Crippen molar-refractivity contribution in [2.45, 2.75) is 23.3 Å². The zero-order valence-corrected chi connectivity index (χ0v) is 15.9. The van der Waals surface area contributed by atoms with Crippen LogP contribution < -0.4 is 5.32 Å². The molecule has 0 atom stereocenters. The van der Waals surface area contributed by atoms with Crippen LogP contribution in [0.25, 0.3) is 0 Å². The molecule has 0 aliphatic carbocycles. The second-order valence-electron chi connectivity index (χ2n) is 6.10. The van der Waals surface area contributed by atoms with Gasteiger partial charge in [-0.3, -0.25) is 9.59 Å². The van der Waals surface area contributed by atoms with E-state index in [-0.39, 0.29) is 38.8 Å². The number of rotatable bonds is 3. The molecule has 136 valence electrons. The summed E-state index contributed by atoms with van der Waals surface area (Å²) in [5, 5.41) is 5.37. The molecule has 6 nitrogen and oxygen atoms in total. The van der Waals surface area contributed by atoms with Gasteiger partial charge in [0.1, 0.15) is 5.01 Å². The van der Waals surface area contributed by atoms with Crippen LogP contribution in [-0.2, 0) is 16.4 Å². The molecule has 0 unspecified atom stereocenters. The number of thiazole rings is 1. The molecule has 8 heteroatoms. The van der Waals surface area contributed by atoms with Crippen LogP contribution >= 0.6 is 11.3 Å². The van der Waals surface area contributed by atoms with Gasteiger partial charge in [0.2, 0.25) is 9.84 Å². The Balaban J connectivity index is 1.68. The Labute approximate surface area is 159 Å². The lowest BCUT2D eigenvalue weighted by Crippen LogP contribution is -2.25. The fourth-order valence-corrected chi connectivity index (χ4v) is 5.36. The summed E-state index contributed by atoms with van der Waals surface area (Å²) in [5.74, 6) is -0.784. The SMILES string of the molecule is Cc1csc(CNC(=O)c2ccc3c(c2)S(=O)(=O)c2ccccc2C3=O)n1. The van der Waals surface area contributed by atoms with E-state index in [1.807, 2.05) is 12.3 Å². The molecule has 0 bridgehead atoms. The fourth-order valence-electron chi connectivity index (χ4n) is 2.97. The van der Waals surface area contributed by atoms with Gasteiger partial charge in [-0.25, -0.2) is 13.4 Å². The van der Waals surface area contributed by atoms with Gasteiger partial charge in [-0.05, 0) is 37.3 Å². The number of nitrogens with zero attached hydrogens (tertiary/aromatic N) is 1. The highest BCUT2D eigenvalue weighted by Crippen LogP contribution is 2.34. The first-order valence-corrected chi connectivity index (χ1v) is 10.5. The van der Waals surface area contributed by atoms with E-state index in [9.17, 15) is 18.0 Å². The molecule has 1 N–H and O–H groups in total. The number of hydrogen-bond donors (Lipinski definition) is 1. The number of aromatic nitrogens is 1. The molecule has 27 heavy (non-hydrogen) atoms. The lowest BCUT2D eigenvalue weighted by atomic mass is 10.0. The van der Waals surface area contributed by atoms with E-state index in [2.05, 4.69) is 10.3 Å². The summed E-state index contributed by atoms with van der Waals surface area (Å²) >= 11 is 1.44. The molecule has 1 aliphatic rings. The molecule has 4 rings (SSSR count). The molecule has 1 aromatic heterocycles. The first-order chi connectivity index (χ1) is 12.9. The molecule has 0 spiro atoms. The van der Waals surface area contributed by atoms with Crippen LogP contribution in [0.2, 0.25) is 0 Å². The molecule has 2 aromatic carbocycles. The van der Waals surface area contributed by atoms with E-state index in [4.69, 9.17) is 0 Å². The van der Waals surface area contributed by atoms with Gasteiger partial charge >= 0.3 is 0 Å². The molecule has 1 aliphatic heterocycles. The summed E-state index contributed by atoms with van der Waals surface area (Å²) in [5.41, 5.74) is 1.29. The van der Waals surface area contributed by atoms with Crippen LogP contribution in [0.1, 0.15) is 37.0 Å². The standard InChI is InChI=1S/C19H14N2O4S2/c1-11-10-26-17(21-11)9-20-19(23)12-6-7-14-16(8-12)27(24,25)15-5-3-2-4-13(15)18(14)22/h2-8,10H,9H2,1H3,(H,20,23). The molecule has 1 amide bonds. The zero-order valence-electron chi connectivity index (χ0n) is 14.2. The first kappa shape index (κ1) is 17.6. The van der Waals surface area contributed by atoms with Crippen molar-refractivity contribution in [3.8, 4) is 0 Å². The van der Waals surface area contributed by atoms with Crippen LogP contribution in [0, 0.1) is 6.92 Å². The third-order valence-corrected chi connectivity index (χ3v) is 7.08. The lowest BCUT2D eigenvalue weighted by Gasteiger charge is -2.19. The van der Waals surface area contributed by atoms with Crippen LogP contribution in [0.4, 0.5) is 0 Å². The average Bonchev–Trinajstić information content (AvgIpc) is 3.09. The highest BCUT2D eigenvalue weighted by atomic mass is 32.2. The Hall–Kier alpha value is -2.84. The van der Waals surface area contributed by atoms with Gasteiger partial charge in [0.25, 0.3) is 5.91 Å². The molecule has 3 aromatic rings. The Bertz CT molecular complexity index is 1200. The van der Waals surface area contributed by atoms with Crippen molar-refractivity contribution in [3.05, 3.63) is 75.2 Å². The van der Waals surface area contributed by atoms with Gasteiger partial charge in [-0.15, -0.1) is 11.3 Å². The summed E-state index contributed by atoms with van der Waals surface area (Å²) in [6, 6.07) is 10.2. The molecule has 0 saturated heterocycles. The van der Waals surface area contributed by atoms with E-state index in [0.717, 1.165) is 10.7 Å². The van der Waals surface area contributed by atoms with E-state index >= 15 is 0 Å². The van der Waals surface area contributed by atoms with Crippen molar-refractivity contribution in [3.63, 3.8) is 0 Å². The van der Waals surface area contributed by atoms with Crippen LogP contribution in [0.5, 0.6) is 0 Å². The second kappa shape index (κ2) is 6.40. The molecular weight excluding hydrogens is 384 g/mol. The Morgan fingerprint density at radius 3 is 2.59 bits per heavy atom. The molecular formula is C19H14N2O4S2. The molecule has 0 radical (unpaired) electrons. The number of amides is 1. The second-order valence-corrected chi connectivity index (χ2v) is 8.93. The third-order valence-electron chi connectivity index (χ3n) is 4.27. The number of hydrogen-bond acceptors (Lipinski definition) is 6. The minimum absolute atomic E-state index is 0.0293. The summed E-state index contributed by atoms with van der Waals surface area (Å²) in [6.45, 7) is 2.12. The van der Waals surface area contributed by atoms with Gasteiger partial charge in [0, 0.05) is 27.8 Å². The van der Waals surface area contributed by atoms with Crippen LogP contribution in [0.3, 0.4) is 0 Å². The van der Waals surface area contributed by atoms with E-state index in [0.29, 0.717) is 0 Å². The van der Waals surface area contributed by atoms with Gasteiger partial charge in [-0.2, -0.15) is 0 Å². The Kier molecular flexibility index (Phi) is 4.16. The Morgan fingerprint density at radius 1 is 1.11 bits per heavy atom. The van der Waals surface area contributed by atoms with Gasteiger partial charge in [0.05, 0.1) is 16.3 Å². The molecule has 2 heterocycles. The van der Waals surface area contributed by atoms with Crippen molar-refractivity contribution in [1.82, 2.24) is 10.3 Å². The number of carbonyl (C=O) groups excluding carboxylic acids is 2. The number of ketones is 1. The molecule has 0 saturated carbocycles. The van der Waals surface area contributed by atoms with E-state index in [1.165, 1.54) is 41.7 Å². The fraction of sp³-hybridized carbons (Fsp3) is 0.105. The average molecular weight is 398 g/mol. The quantitative estimate of drug-likeness (QED) is 0.573. The van der Waals surface area contributed by atoms with Gasteiger partial charge in [-0.1, -0.05) is 12.1 Å². The topological polar surface area (TPSA) is 93.2 Å². The van der Waals surface area contributed by atoms with Crippen molar-refractivity contribution in [2.24, 2.45) is 0 Å². The lowest BCUT2D eigenvalue weighted by molar-refractivity contribution is 0.0948. The van der Waals surface area contributed by atoms with Crippen LogP contribution in [0.15, 0.2) is 57.6 Å². The maximum atomic E-state index is 12.9. The largest absolute Gasteiger partial charge is 0.346 e. The number of nitrogens with one attached hydrogen (secondary N) is 1. The summed E-state index contributed by atoms with van der Waals surface area (Å²) in [4.78, 5) is 29.2. The van der Waals surface area contributed by atoms with E-state index in [1.54, 1.807) is 12.1 Å². The van der Waals surface area contributed by atoms with Crippen LogP contribution in [-0.4, -0.2) is 25.1 Å². The molecule has 0 fully saturated rings. The van der Waals surface area contributed by atoms with Gasteiger partial charge in [0.15, 0.2) is 5.78 Å². The van der Waals surface area contributed by atoms with E-state index < -0.39 is 15.7 Å². The zero-order chi connectivity index (χ0) is 19.2. The minimum Gasteiger partial charge on any atom is -0.346 e. The number of carbonyl (C=O) groups is 2.